The lowest BCUT2D eigenvalue weighted by Gasteiger charge is -2.43. The van der Waals surface area contributed by atoms with E-state index in [4.69, 9.17) is 14.5 Å². The average Bonchev–Trinajstić information content (AvgIpc) is 3.92. The molecule has 3 aromatic rings. The molecule has 5 heterocycles. The van der Waals surface area contributed by atoms with E-state index >= 15 is 0 Å². The maximum absolute atomic E-state index is 13.3. The Hall–Kier alpha value is -6.18. The molecule has 1 aliphatic carbocycles. The third-order valence-electron chi connectivity index (χ3n) is 12.5. The van der Waals surface area contributed by atoms with Gasteiger partial charge in [0, 0.05) is 74.6 Å². The summed E-state index contributed by atoms with van der Waals surface area (Å²) >= 11 is 0. The van der Waals surface area contributed by atoms with E-state index in [0.29, 0.717) is 91.3 Å². The average molecular weight is 866 g/mol. The maximum Gasteiger partial charge on any atom is 0.255 e. The predicted octanol–water partition coefficient (Wildman–Crippen LogP) is 2.15. The number of anilines is 5. The molecule has 4 aliphatic heterocycles. The number of aromatic nitrogens is 2. The molecule has 0 bridgehead atoms. The summed E-state index contributed by atoms with van der Waals surface area (Å²) in [7, 11) is 3.32. The van der Waals surface area contributed by atoms with Gasteiger partial charge in [0.1, 0.15) is 23.5 Å². The number of benzene rings is 2. The molecule has 2 atom stereocenters. The molecular formula is C44H55N11O8. The van der Waals surface area contributed by atoms with E-state index < -0.39 is 11.9 Å². The third kappa shape index (κ3) is 9.30. The zero-order valence-corrected chi connectivity index (χ0v) is 35.9. The van der Waals surface area contributed by atoms with Crippen LogP contribution in [0.2, 0.25) is 0 Å². The van der Waals surface area contributed by atoms with Crippen molar-refractivity contribution < 1.29 is 38.2 Å². The summed E-state index contributed by atoms with van der Waals surface area (Å²) in [6.45, 7) is 5.68. The monoisotopic (exact) mass is 865 g/mol. The van der Waals surface area contributed by atoms with Crippen LogP contribution in [0.25, 0.3) is 0 Å². The fraction of sp³-hybridized carbons (Fsp3) is 0.500. The Morgan fingerprint density at radius 3 is 2.57 bits per heavy atom. The summed E-state index contributed by atoms with van der Waals surface area (Å²) < 4.78 is 11.4. The van der Waals surface area contributed by atoms with E-state index in [1.807, 2.05) is 6.92 Å². The molecule has 3 fully saturated rings. The molecule has 1 unspecified atom stereocenters. The number of fused-ring (bicyclic) bond motifs is 2. The lowest BCUT2D eigenvalue weighted by molar-refractivity contribution is -0.137. The topological polar surface area (TPSA) is 220 Å². The Bertz CT molecular complexity index is 2260. The molecule has 19 nitrogen and oxygen atoms in total. The number of hydrogen-bond acceptors (Lipinski definition) is 14. The van der Waals surface area contributed by atoms with Crippen LogP contribution in [-0.2, 0) is 30.5 Å². The predicted molar refractivity (Wildman–Crippen MR) is 233 cm³/mol. The minimum atomic E-state index is -0.731. The number of piperidine rings is 1. The molecular weight excluding hydrogens is 811 g/mol. The summed E-state index contributed by atoms with van der Waals surface area (Å²) in [5.74, 6) is 0.0317. The van der Waals surface area contributed by atoms with Crippen molar-refractivity contribution in [2.24, 2.45) is 0 Å². The first-order valence-corrected chi connectivity index (χ1v) is 21.8. The summed E-state index contributed by atoms with van der Waals surface area (Å²) in [6, 6.07) is 9.54. The van der Waals surface area contributed by atoms with Gasteiger partial charge < -0.3 is 45.4 Å². The fourth-order valence-electron chi connectivity index (χ4n) is 9.15. The second kappa shape index (κ2) is 19.1. The van der Waals surface area contributed by atoms with Crippen molar-refractivity contribution in [3.05, 3.63) is 59.3 Å². The standard InChI is InChI=1S/C44H55N11O8/c1-4-33-43(61)52(2)35-21-46-44(51-39(35)55(33)28-8-5-6-9-28)49-32-13-12-26(20-36(32)62-3)40(58)47-27-23-53(24-27)17-19-63-18-16-45-22-38(57)48-31-11-7-10-29-30(31)25-54(42(29)60)34-14-15-37(56)50-41(34)59/h7,10-13,20-21,27-28,33-34,45H,4-6,8-9,14-19,22-25H2,1-3H3,(H,47,58)(H,48,57)(H,46,49,51)(H,50,56,59)/t33-,34?/m1/s1. The van der Waals surface area contributed by atoms with E-state index in [1.54, 1.807) is 61.7 Å². The Balaban J connectivity index is 0.735. The van der Waals surface area contributed by atoms with Crippen LogP contribution in [0, 0.1) is 0 Å². The van der Waals surface area contributed by atoms with Crippen LogP contribution in [-0.4, -0.2) is 139 Å². The first-order chi connectivity index (χ1) is 30.5. The highest BCUT2D eigenvalue weighted by molar-refractivity contribution is 6.07. The number of methoxy groups -OCH3 is 1. The van der Waals surface area contributed by atoms with Gasteiger partial charge in [-0.15, -0.1) is 0 Å². The van der Waals surface area contributed by atoms with Crippen molar-refractivity contribution in [1.29, 1.82) is 0 Å². The van der Waals surface area contributed by atoms with Crippen LogP contribution in [0.3, 0.4) is 0 Å². The second-order valence-corrected chi connectivity index (χ2v) is 16.6. The Morgan fingerprint density at radius 2 is 1.81 bits per heavy atom. The summed E-state index contributed by atoms with van der Waals surface area (Å²) in [5, 5.41) is 14.6. The lowest BCUT2D eigenvalue weighted by atomic mass is 10.0. The number of carbonyl (C=O) groups is 6. The number of likely N-dealkylation sites (N-methyl/N-ethyl adjacent to an activating group) is 1. The molecule has 2 saturated heterocycles. The number of amides is 6. The van der Waals surface area contributed by atoms with Gasteiger partial charge in [0.15, 0.2) is 5.82 Å². The van der Waals surface area contributed by atoms with Crippen LogP contribution in [0.15, 0.2) is 42.6 Å². The molecule has 5 aliphatic rings. The molecule has 19 heteroatoms. The number of hydrogen-bond donors (Lipinski definition) is 5. The number of likely N-dealkylation sites (tertiary alicyclic amines) is 1. The van der Waals surface area contributed by atoms with Crippen molar-refractivity contribution in [3.63, 3.8) is 0 Å². The summed E-state index contributed by atoms with van der Waals surface area (Å²) in [5.41, 5.74) is 3.34. The first kappa shape index (κ1) is 43.5. The minimum Gasteiger partial charge on any atom is -0.495 e. The number of nitrogens with zero attached hydrogens (tertiary/aromatic N) is 6. The smallest absolute Gasteiger partial charge is 0.255 e. The number of carbonyl (C=O) groups excluding carboxylic acids is 6. The van der Waals surface area contributed by atoms with Gasteiger partial charge in [0.2, 0.25) is 29.6 Å². The number of nitrogens with one attached hydrogen (secondary N) is 5. The van der Waals surface area contributed by atoms with Gasteiger partial charge in [-0.2, -0.15) is 4.98 Å². The minimum absolute atomic E-state index is 0.00499. The zero-order chi connectivity index (χ0) is 44.2. The Morgan fingerprint density at radius 1 is 1.00 bits per heavy atom. The van der Waals surface area contributed by atoms with Crippen molar-refractivity contribution in [2.45, 2.75) is 82.6 Å². The van der Waals surface area contributed by atoms with Crippen molar-refractivity contribution in [2.75, 3.05) is 80.5 Å². The molecule has 0 radical (unpaired) electrons. The van der Waals surface area contributed by atoms with Gasteiger partial charge in [0.05, 0.1) is 44.8 Å². The number of imide groups is 1. The van der Waals surface area contributed by atoms with Gasteiger partial charge >= 0.3 is 0 Å². The Kier molecular flexibility index (Phi) is 13.1. The van der Waals surface area contributed by atoms with E-state index in [1.165, 1.54) is 4.90 Å². The molecule has 6 amide bonds. The van der Waals surface area contributed by atoms with E-state index in [9.17, 15) is 28.8 Å². The number of ether oxygens (including phenoxy) is 2. The largest absolute Gasteiger partial charge is 0.495 e. The molecule has 2 aromatic carbocycles. The van der Waals surface area contributed by atoms with Crippen molar-refractivity contribution >= 4 is 64.3 Å². The number of rotatable bonds is 17. The summed E-state index contributed by atoms with van der Waals surface area (Å²) in [4.78, 5) is 93.3. The third-order valence-corrected chi connectivity index (χ3v) is 12.5. The van der Waals surface area contributed by atoms with Crippen molar-refractivity contribution in [3.8, 4) is 5.75 Å². The summed E-state index contributed by atoms with van der Waals surface area (Å²) in [6.07, 6.45) is 7.12. The highest BCUT2D eigenvalue weighted by Crippen LogP contribution is 2.40. The zero-order valence-electron chi connectivity index (χ0n) is 35.9. The van der Waals surface area contributed by atoms with Crippen LogP contribution in [0.1, 0.15) is 78.1 Å². The molecule has 1 aromatic heterocycles. The quantitative estimate of drug-likeness (QED) is 0.0971. The maximum atomic E-state index is 13.3. The van der Waals surface area contributed by atoms with Crippen LogP contribution in [0.4, 0.5) is 28.8 Å². The highest BCUT2D eigenvalue weighted by Gasteiger charge is 2.42. The van der Waals surface area contributed by atoms with Gasteiger partial charge in [0.25, 0.3) is 11.8 Å². The highest BCUT2D eigenvalue weighted by atomic mass is 16.5. The SMILES string of the molecule is CC[C@@H]1C(=O)N(C)c2cnc(Nc3ccc(C(=O)NC4CN(CCOCCNCC(=O)Nc5cccc6c5CN(C5CCC(=O)NC5=O)C6=O)C4)cc3OC)nc2N1C1CCCC1. The van der Waals surface area contributed by atoms with Crippen LogP contribution >= 0.6 is 0 Å². The molecule has 1 saturated carbocycles. The molecule has 0 spiro atoms. The first-order valence-electron chi connectivity index (χ1n) is 21.8. The Labute approximate surface area is 365 Å². The van der Waals surface area contributed by atoms with Gasteiger partial charge in [-0.05, 0) is 56.0 Å². The molecule has 8 rings (SSSR count). The van der Waals surface area contributed by atoms with Crippen LogP contribution in [0.5, 0.6) is 5.75 Å². The van der Waals surface area contributed by atoms with E-state index in [2.05, 4.69) is 41.4 Å². The van der Waals surface area contributed by atoms with Gasteiger partial charge in [-0.3, -0.25) is 39.0 Å². The van der Waals surface area contributed by atoms with E-state index in [0.717, 1.165) is 31.5 Å². The molecule has 5 N–H and O–H groups in total. The van der Waals surface area contributed by atoms with Gasteiger partial charge in [-0.1, -0.05) is 25.8 Å². The van der Waals surface area contributed by atoms with Gasteiger partial charge in [-0.25, -0.2) is 4.98 Å². The van der Waals surface area contributed by atoms with Crippen LogP contribution < -0.4 is 41.1 Å². The molecule has 334 valence electrons. The van der Waals surface area contributed by atoms with Crippen molar-refractivity contribution in [1.82, 2.24) is 35.7 Å². The lowest BCUT2D eigenvalue weighted by Crippen LogP contribution is -2.59. The normalized spacial score (nSPS) is 20.3. The van der Waals surface area contributed by atoms with E-state index in [-0.39, 0.29) is 73.6 Å². The second-order valence-electron chi connectivity index (χ2n) is 16.6. The fourth-order valence-corrected chi connectivity index (χ4v) is 9.15. The molecule has 63 heavy (non-hydrogen) atoms.